The largest absolute Gasteiger partial charge is 0.442 e. The van der Waals surface area contributed by atoms with Gasteiger partial charge < -0.3 is 4.74 Å². The first-order valence-electron chi connectivity index (χ1n) is 6.61. The molecule has 0 aliphatic carbocycles. The number of hydrazone groups is 1. The Labute approximate surface area is 125 Å². The molecule has 0 fully saturated rings. The van der Waals surface area contributed by atoms with Gasteiger partial charge in [0, 0.05) is 11.6 Å². The molecule has 0 radical (unpaired) electrons. The van der Waals surface area contributed by atoms with Crippen LogP contribution in [-0.2, 0) is 4.74 Å². The van der Waals surface area contributed by atoms with Gasteiger partial charge in [0.1, 0.15) is 18.2 Å². The monoisotopic (exact) mass is 302 g/mol. The van der Waals surface area contributed by atoms with Gasteiger partial charge in [-0.2, -0.15) is 10.1 Å². The van der Waals surface area contributed by atoms with Gasteiger partial charge in [-0.25, -0.2) is 13.6 Å². The van der Waals surface area contributed by atoms with Gasteiger partial charge in [-0.1, -0.05) is 6.07 Å². The Morgan fingerprint density at radius 2 is 1.95 bits per heavy atom. The van der Waals surface area contributed by atoms with Gasteiger partial charge in [-0.15, -0.1) is 0 Å². The lowest BCUT2D eigenvalue weighted by molar-refractivity contribution is 0.167. The van der Waals surface area contributed by atoms with E-state index in [-0.39, 0.29) is 18.1 Å². The lowest BCUT2D eigenvalue weighted by Crippen LogP contribution is -2.31. The van der Waals surface area contributed by atoms with Crippen molar-refractivity contribution in [2.24, 2.45) is 5.10 Å². The van der Waals surface area contributed by atoms with Crippen molar-refractivity contribution in [3.05, 3.63) is 53.6 Å². The minimum absolute atomic E-state index is 0.102. The van der Waals surface area contributed by atoms with Gasteiger partial charge in [-0.05, 0) is 42.3 Å². The van der Waals surface area contributed by atoms with Gasteiger partial charge in [-0.3, -0.25) is 0 Å². The smallest absolute Gasteiger partial charge is 0.435 e. The maximum absolute atomic E-state index is 14.3. The maximum atomic E-state index is 14.3. The van der Waals surface area contributed by atoms with Crippen LogP contribution in [0.15, 0.2) is 41.5 Å². The average Bonchev–Trinajstić information content (AvgIpc) is 2.50. The van der Waals surface area contributed by atoms with E-state index in [0.29, 0.717) is 16.7 Å². The van der Waals surface area contributed by atoms with E-state index < -0.39 is 11.9 Å². The third-order valence-corrected chi connectivity index (χ3v) is 3.32. The number of nitrogens with zero attached hydrogens (tertiary/aromatic N) is 2. The predicted molar refractivity (Wildman–Crippen MR) is 78.9 cm³/mol. The molecular formula is C16H12F2N2O2. The summed E-state index contributed by atoms with van der Waals surface area (Å²) in [5, 5.41) is 4.85. The number of anilines is 1. The maximum Gasteiger partial charge on any atom is 0.435 e. The SMILES string of the molecule is Cc1cc(-c2ccc(N3N=CCOC3=O)cc2F)ccc1F. The molecule has 0 bridgehead atoms. The van der Waals surface area contributed by atoms with Crippen molar-refractivity contribution in [1.29, 1.82) is 0 Å². The van der Waals surface area contributed by atoms with Crippen molar-refractivity contribution in [3.8, 4) is 11.1 Å². The highest BCUT2D eigenvalue weighted by Crippen LogP contribution is 2.28. The summed E-state index contributed by atoms with van der Waals surface area (Å²) in [5.41, 5.74) is 1.58. The molecule has 6 heteroatoms. The number of hydrogen-bond acceptors (Lipinski definition) is 3. The van der Waals surface area contributed by atoms with Crippen LogP contribution in [-0.4, -0.2) is 18.9 Å². The Hall–Kier alpha value is -2.76. The Morgan fingerprint density at radius 1 is 1.14 bits per heavy atom. The van der Waals surface area contributed by atoms with Crippen LogP contribution in [0.4, 0.5) is 19.3 Å². The zero-order chi connectivity index (χ0) is 15.7. The summed E-state index contributed by atoms with van der Waals surface area (Å²) in [5.74, 6) is -0.872. The zero-order valence-electron chi connectivity index (χ0n) is 11.7. The summed E-state index contributed by atoms with van der Waals surface area (Å²) in [7, 11) is 0. The summed E-state index contributed by atoms with van der Waals surface area (Å²) in [6.07, 6.45) is 0.753. The number of ether oxygens (including phenoxy) is 1. The van der Waals surface area contributed by atoms with Crippen molar-refractivity contribution in [2.75, 3.05) is 11.6 Å². The van der Waals surface area contributed by atoms with Crippen molar-refractivity contribution in [2.45, 2.75) is 6.92 Å². The van der Waals surface area contributed by atoms with Crippen LogP contribution < -0.4 is 5.01 Å². The minimum Gasteiger partial charge on any atom is -0.442 e. The van der Waals surface area contributed by atoms with Gasteiger partial charge in [0.2, 0.25) is 0 Å². The molecule has 0 unspecified atom stereocenters. The molecule has 4 nitrogen and oxygen atoms in total. The third kappa shape index (κ3) is 2.55. The number of rotatable bonds is 2. The van der Waals surface area contributed by atoms with Crippen LogP contribution in [0.2, 0.25) is 0 Å². The standard InChI is InChI=1S/C16H12F2N2O2/c1-10-8-11(2-5-14(10)17)13-4-3-12(9-15(13)18)20-16(21)22-7-6-19-20/h2-6,8-9H,7H2,1H3. The molecule has 3 rings (SSSR count). The Bertz CT molecular complexity index is 775. The summed E-state index contributed by atoms with van der Waals surface area (Å²) < 4.78 is 32.4. The van der Waals surface area contributed by atoms with E-state index in [1.165, 1.54) is 30.5 Å². The minimum atomic E-state index is -0.660. The Kier molecular flexibility index (Phi) is 3.58. The molecule has 0 spiro atoms. The number of halogens is 2. The number of amides is 1. The molecule has 22 heavy (non-hydrogen) atoms. The number of benzene rings is 2. The molecule has 1 aliphatic heterocycles. The second-order valence-corrected chi connectivity index (χ2v) is 4.81. The first-order chi connectivity index (χ1) is 10.6. The highest BCUT2D eigenvalue weighted by Gasteiger charge is 2.20. The van der Waals surface area contributed by atoms with Crippen LogP contribution >= 0.6 is 0 Å². The van der Waals surface area contributed by atoms with E-state index in [9.17, 15) is 13.6 Å². The summed E-state index contributed by atoms with van der Waals surface area (Å²) in [4.78, 5) is 11.6. The van der Waals surface area contributed by atoms with Crippen LogP contribution in [0.3, 0.4) is 0 Å². The first-order valence-corrected chi connectivity index (χ1v) is 6.61. The van der Waals surface area contributed by atoms with Gasteiger partial charge in [0.05, 0.1) is 11.9 Å². The molecule has 1 amide bonds. The normalized spacial score (nSPS) is 14.1. The third-order valence-electron chi connectivity index (χ3n) is 3.32. The zero-order valence-corrected chi connectivity index (χ0v) is 11.7. The number of cyclic esters (lactones) is 1. The number of hydrogen-bond donors (Lipinski definition) is 0. The average molecular weight is 302 g/mol. The molecule has 0 saturated carbocycles. The van der Waals surface area contributed by atoms with Crippen molar-refractivity contribution in [3.63, 3.8) is 0 Å². The predicted octanol–water partition coefficient (Wildman–Crippen LogP) is 3.88. The lowest BCUT2D eigenvalue weighted by atomic mass is 10.0. The van der Waals surface area contributed by atoms with Crippen LogP contribution in [0.5, 0.6) is 0 Å². The molecule has 2 aromatic rings. The second-order valence-electron chi connectivity index (χ2n) is 4.81. The molecule has 0 N–H and O–H groups in total. The molecular weight excluding hydrogens is 290 g/mol. The quantitative estimate of drug-likeness (QED) is 0.844. The van der Waals surface area contributed by atoms with Crippen molar-refractivity contribution in [1.82, 2.24) is 0 Å². The fourth-order valence-electron chi connectivity index (χ4n) is 2.19. The molecule has 0 atom stereocenters. The van der Waals surface area contributed by atoms with Gasteiger partial charge in [0.25, 0.3) is 0 Å². The fourth-order valence-corrected chi connectivity index (χ4v) is 2.19. The lowest BCUT2D eigenvalue weighted by Gasteiger charge is -2.20. The Morgan fingerprint density at radius 3 is 2.64 bits per heavy atom. The van der Waals surface area contributed by atoms with Crippen LogP contribution in [0, 0.1) is 18.6 Å². The van der Waals surface area contributed by atoms with E-state index in [0.717, 1.165) is 5.01 Å². The first kappa shape index (κ1) is 14.2. The summed E-state index contributed by atoms with van der Waals surface area (Å²) >= 11 is 0. The molecule has 1 aliphatic rings. The molecule has 2 aromatic carbocycles. The molecule has 1 heterocycles. The van der Waals surface area contributed by atoms with E-state index in [2.05, 4.69) is 5.10 Å². The summed E-state index contributed by atoms with van der Waals surface area (Å²) in [6.45, 7) is 1.72. The summed E-state index contributed by atoms with van der Waals surface area (Å²) in [6, 6.07) is 8.65. The number of aryl methyl sites for hydroxylation is 1. The van der Waals surface area contributed by atoms with Crippen molar-refractivity contribution >= 4 is 18.0 Å². The van der Waals surface area contributed by atoms with Gasteiger partial charge in [0.15, 0.2) is 0 Å². The highest BCUT2D eigenvalue weighted by molar-refractivity contribution is 5.91. The van der Waals surface area contributed by atoms with Crippen molar-refractivity contribution < 1.29 is 18.3 Å². The van der Waals surface area contributed by atoms with Gasteiger partial charge >= 0.3 is 6.09 Å². The van der Waals surface area contributed by atoms with E-state index in [1.54, 1.807) is 19.1 Å². The second kappa shape index (κ2) is 5.55. The highest BCUT2D eigenvalue weighted by atomic mass is 19.1. The van der Waals surface area contributed by atoms with E-state index >= 15 is 0 Å². The molecule has 112 valence electrons. The van der Waals surface area contributed by atoms with Crippen LogP contribution in [0.25, 0.3) is 11.1 Å². The Balaban J connectivity index is 1.98. The van der Waals surface area contributed by atoms with Crippen LogP contribution in [0.1, 0.15) is 5.56 Å². The molecule has 0 saturated heterocycles. The fraction of sp³-hybridized carbons (Fsp3) is 0.125. The number of carbonyl (C=O) groups excluding carboxylic acids is 1. The number of carbonyl (C=O) groups is 1. The topological polar surface area (TPSA) is 41.9 Å². The van der Waals surface area contributed by atoms with E-state index in [1.807, 2.05) is 0 Å². The molecule has 0 aromatic heterocycles. The van der Waals surface area contributed by atoms with E-state index in [4.69, 9.17) is 4.74 Å².